The molecule has 2 N–H and O–H groups in total. The molecule has 0 amide bonds. The average molecular weight is 347 g/mol. The maximum Gasteiger partial charge on any atom is 0.339 e. The molecule has 0 aliphatic rings. The van der Waals surface area contributed by atoms with E-state index in [2.05, 4.69) is 4.74 Å². The highest BCUT2D eigenvalue weighted by molar-refractivity contribution is 7.89. The van der Waals surface area contributed by atoms with Crippen molar-refractivity contribution in [2.24, 2.45) is 0 Å². The molecule has 0 radical (unpaired) electrons. The molecule has 0 aromatic heterocycles. The van der Waals surface area contributed by atoms with Crippen molar-refractivity contribution in [3.05, 3.63) is 29.6 Å². The predicted octanol–water partition coefficient (Wildman–Crippen LogP) is 1.53. The van der Waals surface area contributed by atoms with Crippen LogP contribution in [0.2, 0.25) is 0 Å². The van der Waals surface area contributed by atoms with E-state index in [0.29, 0.717) is 12.8 Å². The van der Waals surface area contributed by atoms with E-state index in [0.717, 1.165) is 25.3 Å². The fourth-order valence-corrected chi connectivity index (χ4v) is 3.30. The molecule has 1 atom stereocenters. The van der Waals surface area contributed by atoms with E-state index in [-0.39, 0.29) is 6.42 Å². The van der Waals surface area contributed by atoms with E-state index >= 15 is 0 Å². The molecular weight excluding hydrogens is 329 g/mol. The Hall–Kier alpha value is -2.00. The maximum atomic E-state index is 13.3. The molecule has 0 fully saturated rings. The highest BCUT2D eigenvalue weighted by Crippen LogP contribution is 2.19. The molecule has 9 heteroatoms. The van der Waals surface area contributed by atoms with Crippen LogP contribution in [0.25, 0.3) is 0 Å². The predicted molar refractivity (Wildman–Crippen MR) is 79.0 cm³/mol. The lowest BCUT2D eigenvalue weighted by Crippen LogP contribution is -2.41. The molecule has 23 heavy (non-hydrogen) atoms. The first kappa shape index (κ1) is 19.0. The zero-order valence-electron chi connectivity index (χ0n) is 12.7. The van der Waals surface area contributed by atoms with Crippen LogP contribution in [-0.2, 0) is 19.6 Å². The van der Waals surface area contributed by atoms with Crippen molar-refractivity contribution >= 4 is 22.0 Å². The summed E-state index contributed by atoms with van der Waals surface area (Å²) in [7, 11) is -3.31. The SMILES string of the molecule is CCCCC(NS(=O)(=O)c1ccc(F)cc1C(=O)OC)C(=O)O. The number of rotatable bonds is 8. The van der Waals surface area contributed by atoms with Crippen LogP contribution in [0.4, 0.5) is 4.39 Å². The molecule has 0 saturated heterocycles. The molecule has 0 bridgehead atoms. The van der Waals surface area contributed by atoms with Crippen LogP contribution in [0.3, 0.4) is 0 Å². The van der Waals surface area contributed by atoms with Gasteiger partial charge < -0.3 is 9.84 Å². The normalized spacial score (nSPS) is 12.7. The van der Waals surface area contributed by atoms with Gasteiger partial charge in [-0.3, -0.25) is 4.79 Å². The van der Waals surface area contributed by atoms with Crippen LogP contribution >= 0.6 is 0 Å². The maximum absolute atomic E-state index is 13.3. The van der Waals surface area contributed by atoms with E-state index in [4.69, 9.17) is 5.11 Å². The Morgan fingerprint density at radius 3 is 2.57 bits per heavy atom. The van der Waals surface area contributed by atoms with Crippen molar-refractivity contribution in [1.29, 1.82) is 0 Å². The number of halogens is 1. The summed E-state index contributed by atoms with van der Waals surface area (Å²) in [4.78, 5) is 22.3. The van der Waals surface area contributed by atoms with Gasteiger partial charge in [0.25, 0.3) is 0 Å². The van der Waals surface area contributed by atoms with E-state index in [9.17, 15) is 22.4 Å². The van der Waals surface area contributed by atoms with Crippen molar-refractivity contribution in [3.63, 3.8) is 0 Å². The number of carboxylic acid groups (broad SMARTS) is 1. The standard InChI is InChI=1S/C14H18FNO6S/c1-3-4-5-11(13(17)18)16-23(20,21)12-7-6-9(15)8-10(12)14(19)22-2/h6-8,11,16H,3-5H2,1-2H3,(H,17,18). The van der Waals surface area contributed by atoms with Gasteiger partial charge in [0, 0.05) is 0 Å². The van der Waals surface area contributed by atoms with Crippen molar-refractivity contribution in [2.75, 3.05) is 7.11 Å². The van der Waals surface area contributed by atoms with Crippen molar-refractivity contribution in [2.45, 2.75) is 37.1 Å². The van der Waals surface area contributed by atoms with Gasteiger partial charge in [-0.15, -0.1) is 0 Å². The van der Waals surface area contributed by atoms with Crippen LogP contribution in [0.1, 0.15) is 36.5 Å². The lowest BCUT2D eigenvalue weighted by molar-refractivity contribution is -0.139. The van der Waals surface area contributed by atoms with Gasteiger partial charge in [0.05, 0.1) is 17.6 Å². The second-order valence-electron chi connectivity index (χ2n) is 4.79. The molecular formula is C14H18FNO6S. The average Bonchev–Trinajstić information content (AvgIpc) is 2.49. The van der Waals surface area contributed by atoms with Crippen molar-refractivity contribution in [1.82, 2.24) is 4.72 Å². The number of ether oxygens (including phenoxy) is 1. The minimum Gasteiger partial charge on any atom is -0.480 e. The monoisotopic (exact) mass is 347 g/mol. The molecule has 1 aromatic carbocycles. The van der Waals surface area contributed by atoms with Crippen molar-refractivity contribution < 1.29 is 32.2 Å². The topological polar surface area (TPSA) is 110 Å². The molecule has 0 aliphatic carbocycles. The second kappa shape index (κ2) is 8.02. The van der Waals surface area contributed by atoms with E-state index in [1.165, 1.54) is 0 Å². The van der Waals surface area contributed by atoms with E-state index < -0.39 is 44.3 Å². The van der Waals surface area contributed by atoms with Crippen LogP contribution < -0.4 is 4.72 Å². The lowest BCUT2D eigenvalue weighted by atomic mass is 10.1. The number of hydrogen-bond acceptors (Lipinski definition) is 5. The third-order valence-corrected chi connectivity index (χ3v) is 4.61. The number of benzene rings is 1. The van der Waals surface area contributed by atoms with E-state index in [1.807, 2.05) is 11.6 Å². The number of carboxylic acids is 1. The minimum absolute atomic E-state index is 0.0970. The number of nitrogens with one attached hydrogen (secondary N) is 1. The molecule has 0 aliphatic heterocycles. The molecule has 1 aromatic rings. The fourth-order valence-electron chi connectivity index (χ4n) is 1.90. The Kier molecular flexibility index (Phi) is 6.64. The summed E-state index contributed by atoms with van der Waals surface area (Å²) in [5.41, 5.74) is -0.500. The number of unbranched alkanes of at least 4 members (excludes halogenated alkanes) is 1. The molecule has 0 saturated carbocycles. The van der Waals surface area contributed by atoms with Crippen LogP contribution in [-0.4, -0.2) is 38.6 Å². The number of sulfonamides is 1. The second-order valence-corrected chi connectivity index (χ2v) is 6.47. The lowest BCUT2D eigenvalue weighted by Gasteiger charge is -2.16. The summed E-state index contributed by atoms with van der Waals surface area (Å²) >= 11 is 0. The fraction of sp³-hybridized carbons (Fsp3) is 0.429. The Morgan fingerprint density at radius 1 is 1.39 bits per heavy atom. The largest absolute Gasteiger partial charge is 0.480 e. The summed E-state index contributed by atoms with van der Waals surface area (Å²) in [6.45, 7) is 1.84. The number of hydrogen-bond donors (Lipinski definition) is 2. The third-order valence-electron chi connectivity index (χ3n) is 3.08. The van der Waals surface area contributed by atoms with Gasteiger partial charge in [0.2, 0.25) is 10.0 Å². The van der Waals surface area contributed by atoms with Gasteiger partial charge in [-0.05, 0) is 24.6 Å². The Morgan fingerprint density at radius 2 is 2.04 bits per heavy atom. The Bertz CT molecular complexity index is 689. The van der Waals surface area contributed by atoms with Gasteiger partial charge in [0.15, 0.2) is 0 Å². The highest BCUT2D eigenvalue weighted by atomic mass is 32.2. The zero-order valence-corrected chi connectivity index (χ0v) is 13.5. The Labute approximate surface area is 133 Å². The summed E-state index contributed by atoms with van der Waals surface area (Å²) < 4.78 is 44.4. The number of esters is 1. The quantitative estimate of drug-likeness (QED) is 0.690. The molecule has 7 nitrogen and oxygen atoms in total. The number of carbonyl (C=O) groups is 2. The first-order valence-electron chi connectivity index (χ1n) is 6.86. The van der Waals surface area contributed by atoms with Crippen molar-refractivity contribution in [3.8, 4) is 0 Å². The number of aliphatic carboxylic acids is 1. The summed E-state index contributed by atoms with van der Waals surface area (Å²) in [6, 6.07) is 1.14. The first-order chi connectivity index (χ1) is 10.7. The number of carbonyl (C=O) groups excluding carboxylic acids is 1. The smallest absolute Gasteiger partial charge is 0.339 e. The number of methoxy groups -OCH3 is 1. The van der Waals surface area contributed by atoms with Gasteiger partial charge >= 0.3 is 11.9 Å². The highest BCUT2D eigenvalue weighted by Gasteiger charge is 2.29. The Balaban J connectivity index is 3.22. The molecule has 128 valence electrons. The summed E-state index contributed by atoms with van der Waals surface area (Å²) in [6.07, 6.45) is 1.29. The van der Waals surface area contributed by atoms with Gasteiger partial charge in [0.1, 0.15) is 11.9 Å². The zero-order chi connectivity index (χ0) is 17.6. The summed E-state index contributed by atoms with van der Waals surface area (Å²) in [5, 5.41) is 9.10. The third kappa shape index (κ3) is 5.00. The first-order valence-corrected chi connectivity index (χ1v) is 8.34. The van der Waals surface area contributed by atoms with E-state index in [1.54, 1.807) is 0 Å². The van der Waals surface area contributed by atoms with Crippen LogP contribution in [0, 0.1) is 5.82 Å². The van der Waals surface area contributed by atoms with Crippen LogP contribution in [0.5, 0.6) is 0 Å². The molecule has 0 spiro atoms. The van der Waals surface area contributed by atoms with Gasteiger partial charge in [-0.1, -0.05) is 19.8 Å². The van der Waals surface area contributed by atoms with Gasteiger partial charge in [-0.2, -0.15) is 4.72 Å². The molecule has 0 heterocycles. The molecule has 1 rings (SSSR count). The molecule has 1 unspecified atom stereocenters. The van der Waals surface area contributed by atoms with Gasteiger partial charge in [-0.25, -0.2) is 17.6 Å². The summed E-state index contributed by atoms with van der Waals surface area (Å²) in [5.74, 6) is -3.18. The van der Waals surface area contributed by atoms with Crippen LogP contribution in [0.15, 0.2) is 23.1 Å². The minimum atomic E-state index is -4.34.